The van der Waals surface area contributed by atoms with Gasteiger partial charge in [-0.05, 0) is 34.4 Å². The van der Waals surface area contributed by atoms with Gasteiger partial charge in [-0.3, -0.25) is 0 Å². The lowest BCUT2D eigenvalue weighted by Gasteiger charge is -2.19. The van der Waals surface area contributed by atoms with Gasteiger partial charge in [-0.25, -0.2) is 9.78 Å². The van der Waals surface area contributed by atoms with Gasteiger partial charge >= 0.3 is 6.09 Å². The first-order valence-electron chi connectivity index (χ1n) is 10.5. The fraction of sp³-hybridized carbons (Fsp3) is 0.200. The quantitative estimate of drug-likeness (QED) is 0.437. The third-order valence-electron chi connectivity index (χ3n) is 5.91. The number of aliphatic hydroxyl groups excluding tert-OH is 2. The Morgan fingerprint density at radius 1 is 1.00 bits per heavy atom. The lowest BCUT2D eigenvalue weighted by atomic mass is 9.98. The Hall–Kier alpha value is -3.68. The number of hydrogen-bond acceptors (Lipinski definition) is 5. The van der Waals surface area contributed by atoms with Gasteiger partial charge in [0.05, 0.1) is 11.9 Å². The zero-order valence-corrected chi connectivity index (χ0v) is 17.3. The number of carbonyl (C=O) groups excluding carboxylic acids is 1. The summed E-state index contributed by atoms with van der Waals surface area (Å²) in [7, 11) is 0. The van der Waals surface area contributed by atoms with Crippen LogP contribution in [-0.2, 0) is 4.74 Å². The third-order valence-corrected chi connectivity index (χ3v) is 5.91. The molecule has 2 heterocycles. The number of alkyl carbamates (subject to hydrolysis) is 1. The van der Waals surface area contributed by atoms with Crippen molar-refractivity contribution in [2.24, 2.45) is 0 Å². The monoisotopic (exact) mass is 429 g/mol. The summed E-state index contributed by atoms with van der Waals surface area (Å²) in [6.07, 6.45) is 0.205. The molecule has 32 heavy (non-hydrogen) atoms. The molecule has 2 aromatic carbocycles. The van der Waals surface area contributed by atoms with Crippen molar-refractivity contribution < 1.29 is 19.7 Å². The summed E-state index contributed by atoms with van der Waals surface area (Å²) in [5.74, 6) is -0.0400. The second kappa shape index (κ2) is 8.45. The molecular formula is C25H23N3O4. The number of imidazole rings is 1. The average molecular weight is 429 g/mol. The van der Waals surface area contributed by atoms with Gasteiger partial charge < -0.3 is 24.7 Å². The molecule has 2 unspecified atom stereocenters. The van der Waals surface area contributed by atoms with Crippen LogP contribution < -0.4 is 5.32 Å². The van der Waals surface area contributed by atoms with E-state index in [0.29, 0.717) is 11.3 Å². The van der Waals surface area contributed by atoms with Gasteiger partial charge in [-0.1, -0.05) is 54.6 Å². The minimum Gasteiger partial charge on any atom is -0.449 e. The number of carbonyl (C=O) groups is 1. The molecule has 162 valence electrons. The summed E-state index contributed by atoms with van der Waals surface area (Å²) in [5.41, 5.74) is 5.68. The zero-order chi connectivity index (χ0) is 22.1. The van der Waals surface area contributed by atoms with Gasteiger partial charge in [0.1, 0.15) is 24.5 Å². The number of amides is 1. The Bertz CT molecular complexity index is 1220. The van der Waals surface area contributed by atoms with E-state index in [9.17, 15) is 15.0 Å². The van der Waals surface area contributed by atoms with Crippen LogP contribution in [0.2, 0.25) is 0 Å². The first kappa shape index (κ1) is 20.2. The summed E-state index contributed by atoms with van der Waals surface area (Å²) in [5, 5.41) is 23.4. The second-order valence-electron chi connectivity index (χ2n) is 7.83. The van der Waals surface area contributed by atoms with Crippen LogP contribution in [0.3, 0.4) is 0 Å². The van der Waals surface area contributed by atoms with Crippen LogP contribution in [-0.4, -0.2) is 44.9 Å². The summed E-state index contributed by atoms with van der Waals surface area (Å²) in [4.78, 5) is 16.5. The highest BCUT2D eigenvalue weighted by molar-refractivity contribution is 5.79. The maximum absolute atomic E-state index is 12.3. The van der Waals surface area contributed by atoms with E-state index >= 15 is 0 Å². The van der Waals surface area contributed by atoms with Crippen LogP contribution in [0.5, 0.6) is 0 Å². The molecule has 1 aliphatic rings. The first-order valence-corrected chi connectivity index (χ1v) is 10.5. The molecule has 0 aliphatic heterocycles. The molecule has 3 N–H and O–H groups in total. The highest BCUT2D eigenvalue weighted by Crippen LogP contribution is 2.44. The molecule has 0 radical (unpaired) electrons. The van der Waals surface area contributed by atoms with Crippen molar-refractivity contribution in [2.45, 2.75) is 18.1 Å². The Labute approximate surface area is 184 Å². The highest BCUT2D eigenvalue weighted by Gasteiger charge is 2.29. The summed E-state index contributed by atoms with van der Waals surface area (Å²) in [6.45, 7) is 0.0314. The van der Waals surface area contributed by atoms with Gasteiger partial charge in [0, 0.05) is 18.7 Å². The number of hydrogen-bond donors (Lipinski definition) is 3. The SMILES string of the molecule is O=C(NCC(O)C(O)c1cnc2ccccn12)OCC1c2ccccc2-c2ccccc21. The number of benzene rings is 2. The Morgan fingerprint density at radius 3 is 2.38 bits per heavy atom. The summed E-state index contributed by atoms with van der Waals surface area (Å²) in [6, 6.07) is 21.7. The molecule has 5 rings (SSSR count). The Balaban J connectivity index is 1.20. The predicted octanol–water partition coefficient (Wildman–Crippen LogP) is 3.27. The number of aromatic nitrogens is 2. The van der Waals surface area contributed by atoms with Crippen molar-refractivity contribution in [1.29, 1.82) is 0 Å². The van der Waals surface area contributed by atoms with E-state index in [2.05, 4.69) is 34.6 Å². The average Bonchev–Trinajstić information content (AvgIpc) is 3.40. The number of nitrogens with one attached hydrogen (secondary N) is 1. The topological polar surface area (TPSA) is 96.1 Å². The molecule has 1 amide bonds. The molecule has 0 bridgehead atoms. The van der Waals surface area contributed by atoms with E-state index < -0.39 is 18.3 Å². The van der Waals surface area contributed by atoms with Gasteiger partial charge in [0.2, 0.25) is 0 Å². The molecule has 0 fully saturated rings. The van der Waals surface area contributed by atoms with Crippen molar-refractivity contribution in [2.75, 3.05) is 13.2 Å². The molecule has 0 spiro atoms. The number of pyridine rings is 1. The molecule has 2 atom stereocenters. The van der Waals surface area contributed by atoms with Crippen molar-refractivity contribution >= 4 is 11.7 Å². The minimum absolute atomic E-state index is 0.0400. The van der Waals surface area contributed by atoms with Crippen LogP contribution >= 0.6 is 0 Å². The maximum atomic E-state index is 12.3. The maximum Gasteiger partial charge on any atom is 0.407 e. The van der Waals surface area contributed by atoms with Crippen LogP contribution in [0.15, 0.2) is 79.1 Å². The van der Waals surface area contributed by atoms with E-state index in [4.69, 9.17) is 4.74 Å². The van der Waals surface area contributed by atoms with Crippen LogP contribution in [0, 0.1) is 0 Å². The van der Waals surface area contributed by atoms with E-state index in [1.165, 1.54) is 6.20 Å². The normalized spacial score (nSPS) is 14.6. The lowest BCUT2D eigenvalue weighted by molar-refractivity contribution is 0.0156. The summed E-state index contributed by atoms with van der Waals surface area (Å²) >= 11 is 0. The standard InChI is InChI=1S/C25H23N3O4/c29-22(24(30)21-13-26-23-11-5-6-12-28(21)23)14-27-25(31)32-15-20-18-9-3-1-7-16(18)17-8-2-4-10-19(17)20/h1-13,20,22,24,29-30H,14-15H2,(H,27,31). The minimum atomic E-state index is -1.21. The van der Waals surface area contributed by atoms with Crippen molar-refractivity contribution in [3.63, 3.8) is 0 Å². The van der Waals surface area contributed by atoms with Crippen LogP contribution in [0.25, 0.3) is 16.8 Å². The molecule has 0 saturated carbocycles. The van der Waals surface area contributed by atoms with Crippen LogP contribution in [0.4, 0.5) is 4.79 Å². The van der Waals surface area contributed by atoms with E-state index in [0.717, 1.165) is 22.3 Å². The Kier molecular flexibility index (Phi) is 5.34. The summed E-state index contributed by atoms with van der Waals surface area (Å²) < 4.78 is 7.17. The number of aliphatic hydroxyl groups is 2. The molecule has 4 aromatic rings. The van der Waals surface area contributed by atoms with E-state index in [1.807, 2.05) is 36.4 Å². The molecule has 0 saturated heterocycles. The largest absolute Gasteiger partial charge is 0.449 e. The van der Waals surface area contributed by atoms with E-state index in [-0.39, 0.29) is 19.1 Å². The van der Waals surface area contributed by atoms with Gasteiger partial charge in [0.25, 0.3) is 0 Å². The third kappa shape index (κ3) is 3.62. The van der Waals surface area contributed by atoms with Crippen molar-refractivity contribution in [3.05, 3.63) is 95.9 Å². The van der Waals surface area contributed by atoms with Crippen LogP contribution in [0.1, 0.15) is 28.8 Å². The zero-order valence-electron chi connectivity index (χ0n) is 17.3. The van der Waals surface area contributed by atoms with Gasteiger partial charge in [-0.2, -0.15) is 0 Å². The van der Waals surface area contributed by atoms with Gasteiger partial charge in [-0.15, -0.1) is 0 Å². The van der Waals surface area contributed by atoms with Crippen molar-refractivity contribution in [3.8, 4) is 11.1 Å². The molecule has 1 aliphatic carbocycles. The first-order chi connectivity index (χ1) is 15.6. The number of rotatable bonds is 6. The van der Waals surface area contributed by atoms with Gasteiger partial charge in [0.15, 0.2) is 0 Å². The predicted molar refractivity (Wildman–Crippen MR) is 119 cm³/mol. The molecule has 7 nitrogen and oxygen atoms in total. The fourth-order valence-corrected chi connectivity index (χ4v) is 4.32. The smallest absolute Gasteiger partial charge is 0.407 e. The Morgan fingerprint density at radius 2 is 1.66 bits per heavy atom. The fourth-order valence-electron chi connectivity index (χ4n) is 4.32. The lowest BCUT2D eigenvalue weighted by Crippen LogP contribution is -2.36. The van der Waals surface area contributed by atoms with Crippen molar-refractivity contribution in [1.82, 2.24) is 14.7 Å². The highest BCUT2D eigenvalue weighted by atomic mass is 16.5. The van der Waals surface area contributed by atoms with E-state index in [1.54, 1.807) is 16.7 Å². The number of fused-ring (bicyclic) bond motifs is 4. The number of ether oxygens (including phenoxy) is 1. The molecule has 7 heteroatoms. The second-order valence-corrected chi connectivity index (χ2v) is 7.83. The molecule has 2 aromatic heterocycles. The molecular weight excluding hydrogens is 406 g/mol. The number of nitrogens with zero attached hydrogens (tertiary/aromatic N) is 2.